The van der Waals surface area contributed by atoms with Crippen molar-refractivity contribution in [2.24, 2.45) is 0 Å². The fourth-order valence-corrected chi connectivity index (χ4v) is 4.80. The van der Waals surface area contributed by atoms with Gasteiger partial charge in [0.25, 0.3) is 0 Å². The van der Waals surface area contributed by atoms with Crippen LogP contribution in [-0.4, -0.2) is 53.6 Å². The van der Waals surface area contributed by atoms with Crippen LogP contribution in [0.25, 0.3) is 17.2 Å². The van der Waals surface area contributed by atoms with Crippen LogP contribution in [0.5, 0.6) is 0 Å². The van der Waals surface area contributed by atoms with Crippen LogP contribution in [-0.2, 0) is 9.47 Å². The zero-order valence-electron chi connectivity index (χ0n) is 23.6. The first-order valence-corrected chi connectivity index (χ1v) is 14.4. The third-order valence-corrected chi connectivity index (χ3v) is 6.82. The number of aliphatic hydroxyl groups is 1. The molecule has 2 atom stereocenters. The minimum Gasteiger partial charge on any atom is -0.444 e. The second-order valence-electron chi connectivity index (χ2n) is 11.4. The first kappa shape index (κ1) is 29.9. The van der Waals surface area contributed by atoms with E-state index < -0.39 is 11.7 Å². The van der Waals surface area contributed by atoms with Crippen LogP contribution >= 0.6 is 0 Å². The number of allylic oxidation sites excluding steroid dienone is 1. The Hall–Kier alpha value is -2.63. The van der Waals surface area contributed by atoms with Crippen LogP contribution < -0.4 is 0 Å². The molecule has 1 heterocycles. The Kier molecular flexibility index (Phi) is 12.4. The Balaban J connectivity index is 1.17. The van der Waals surface area contributed by atoms with Gasteiger partial charge in [-0.1, -0.05) is 98.9 Å². The molecule has 3 rings (SSSR count). The molecule has 0 saturated carbocycles. The minimum absolute atomic E-state index is 0.109. The molecule has 0 radical (unpaired) electrons. The first-order chi connectivity index (χ1) is 18.3. The average molecular weight is 522 g/mol. The molecule has 0 unspecified atom stereocenters. The molecule has 5 heteroatoms. The maximum atomic E-state index is 12.4. The molecule has 0 bridgehead atoms. The summed E-state index contributed by atoms with van der Waals surface area (Å²) in [5.41, 5.74) is 3.23. The van der Waals surface area contributed by atoms with E-state index in [9.17, 15) is 9.90 Å². The number of amides is 1. The summed E-state index contributed by atoms with van der Waals surface area (Å²) in [5.74, 6) is 0. The van der Waals surface area contributed by atoms with E-state index in [0.717, 1.165) is 12.8 Å². The molecule has 5 nitrogen and oxygen atoms in total. The zero-order chi connectivity index (χ0) is 27.2. The molecule has 1 N–H and O–H groups in total. The number of rotatable bonds is 14. The van der Waals surface area contributed by atoms with Crippen molar-refractivity contribution in [1.29, 1.82) is 0 Å². The van der Waals surface area contributed by atoms with E-state index in [0.29, 0.717) is 26.2 Å². The van der Waals surface area contributed by atoms with E-state index in [1.807, 2.05) is 26.8 Å². The third-order valence-electron chi connectivity index (χ3n) is 6.82. The van der Waals surface area contributed by atoms with Crippen LogP contribution in [0.2, 0.25) is 0 Å². The van der Waals surface area contributed by atoms with Crippen LogP contribution in [0.4, 0.5) is 4.79 Å². The molecular formula is C33H47NO4. The normalized spacial score (nSPS) is 17.8. The van der Waals surface area contributed by atoms with Gasteiger partial charge in [0.15, 0.2) is 0 Å². The summed E-state index contributed by atoms with van der Waals surface area (Å²) < 4.78 is 11.3. The summed E-state index contributed by atoms with van der Waals surface area (Å²) in [5, 5.41) is 10.00. The molecule has 208 valence electrons. The Morgan fingerprint density at radius 1 is 0.921 bits per heavy atom. The van der Waals surface area contributed by atoms with Crippen molar-refractivity contribution in [3.8, 4) is 11.1 Å². The predicted octanol–water partition coefficient (Wildman–Crippen LogP) is 7.87. The lowest BCUT2D eigenvalue weighted by atomic mass is 10.0. The summed E-state index contributed by atoms with van der Waals surface area (Å²) >= 11 is 0. The van der Waals surface area contributed by atoms with Crippen molar-refractivity contribution in [2.75, 3.05) is 19.8 Å². The molecular weight excluding hydrogens is 474 g/mol. The van der Waals surface area contributed by atoms with Gasteiger partial charge in [-0.3, -0.25) is 0 Å². The van der Waals surface area contributed by atoms with Crippen molar-refractivity contribution in [3.63, 3.8) is 0 Å². The molecule has 0 aromatic heterocycles. The van der Waals surface area contributed by atoms with E-state index in [2.05, 4.69) is 60.7 Å². The quantitative estimate of drug-likeness (QED) is 0.257. The highest BCUT2D eigenvalue weighted by Crippen LogP contribution is 2.22. The Morgan fingerprint density at radius 2 is 1.55 bits per heavy atom. The monoisotopic (exact) mass is 521 g/mol. The fourth-order valence-electron chi connectivity index (χ4n) is 4.80. The first-order valence-electron chi connectivity index (χ1n) is 14.4. The minimum atomic E-state index is -0.539. The van der Waals surface area contributed by atoms with E-state index in [-0.39, 0.29) is 12.1 Å². The smallest absolute Gasteiger partial charge is 0.410 e. The lowest BCUT2D eigenvalue weighted by Gasteiger charge is -2.28. The van der Waals surface area contributed by atoms with Crippen molar-refractivity contribution >= 4 is 12.2 Å². The lowest BCUT2D eigenvalue weighted by Crippen LogP contribution is -2.42. The largest absolute Gasteiger partial charge is 0.444 e. The van der Waals surface area contributed by atoms with Crippen molar-refractivity contribution < 1.29 is 19.4 Å². The van der Waals surface area contributed by atoms with Crippen LogP contribution in [0, 0.1) is 0 Å². The van der Waals surface area contributed by atoms with Crippen molar-refractivity contribution in [1.82, 2.24) is 4.90 Å². The number of hydrogen-bond donors (Lipinski definition) is 1. The number of nitrogens with zero attached hydrogens (tertiary/aromatic N) is 1. The van der Waals surface area contributed by atoms with Crippen LogP contribution in [0.15, 0.2) is 60.7 Å². The van der Waals surface area contributed by atoms with Crippen LogP contribution in [0.3, 0.4) is 0 Å². The molecule has 1 amide bonds. The Morgan fingerprint density at radius 3 is 2.24 bits per heavy atom. The van der Waals surface area contributed by atoms with Gasteiger partial charge < -0.3 is 19.5 Å². The second-order valence-corrected chi connectivity index (χ2v) is 11.4. The topological polar surface area (TPSA) is 59.0 Å². The maximum Gasteiger partial charge on any atom is 0.410 e. The number of carbonyl (C=O) groups is 1. The highest BCUT2D eigenvalue weighted by atomic mass is 16.6. The number of benzene rings is 2. The summed E-state index contributed by atoms with van der Waals surface area (Å²) in [6.45, 7) is 7.04. The Labute approximate surface area is 229 Å². The number of β-amino-alcohol motifs (C(OH)–C–C–N with tert-alkyl or cyclic N) is 1. The summed E-state index contributed by atoms with van der Waals surface area (Å²) in [6, 6.07) is 19.1. The second kappa shape index (κ2) is 15.7. The van der Waals surface area contributed by atoms with E-state index in [1.165, 1.54) is 55.2 Å². The summed E-state index contributed by atoms with van der Waals surface area (Å²) in [6.07, 6.45) is 13.8. The molecule has 38 heavy (non-hydrogen) atoms. The molecule has 2 aromatic carbocycles. The van der Waals surface area contributed by atoms with Gasteiger partial charge in [-0.25, -0.2) is 4.79 Å². The zero-order valence-corrected chi connectivity index (χ0v) is 23.6. The SMILES string of the molecule is CC(C)(C)OC(=O)N1C[C@H](O)C[C@H]1COCCCCCCCCC/C=C/c1ccc(-c2ccccc2)cc1. The van der Waals surface area contributed by atoms with Gasteiger partial charge in [0, 0.05) is 6.61 Å². The molecule has 1 fully saturated rings. The lowest BCUT2D eigenvalue weighted by molar-refractivity contribution is 0.00955. The van der Waals surface area contributed by atoms with Gasteiger partial charge in [-0.2, -0.15) is 0 Å². The molecule has 1 saturated heterocycles. The Bertz CT molecular complexity index is 965. The number of aliphatic hydroxyl groups excluding tert-OH is 1. The maximum absolute atomic E-state index is 12.4. The number of unbranched alkanes of at least 4 members (excludes halogenated alkanes) is 7. The third kappa shape index (κ3) is 11.0. The van der Waals surface area contributed by atoms with Crippen molar-refractivity contribution in [3.05, 3.63) is 66.2 Å². The van der Waals surface area contributed by atoms with Gasteiger partial charge in [-0.15, -0.1) is 0 Å². The number of ether oxygens (including phenoxy) is 2. The van der Waals surface area contributed by atoms with Gasteiger partial charge in [0.1, 0.15) is 5.60 Å². The number of carbonyl (C=O) groups excluding carboxylic acids is 1. The molecule has 0 spiro atoms. The highest BCUT2D eigenvalue weighted by molar-refractivity contribution is 5.69. The molecule has 1 aliphatic heterocycles. The number of hydrogen-bond acceptors (Lipinski definition) is 4. The molecule has 0 aliphatic carbocycles. The van der Waals surface area contributed by atoms with E-state index in [4.69, 9.17) is 9.47 Å². The molecule has 2 aromatic rings. The number of likely N-dealkylation sites (tertiary alicyclic amines) is 1. The standard InChI is InChI=1S/C33H47NO4/c1-33(2,3)38-32(36)34-25-31(35)24-30(34)26-37-23-15-10-8-6-4-5-7-9-12-16-27-19-21-29(22-20-27)28-17-13-11-14-18-28/h11-14,16-22,30-31,35H,4-10,15,23-26H2,1-3H3/b16-12+/t30-,31+/m0/s1. The van der Waals surface area contributed by atoms with Gasteiger partial charge in [-0.05, 0) is 63.1 Å². The van der Waals surface area contributed by atoms with E-state index >= 15 is 0 Å². The summed E-state index contributed by atoms with van der Waals surface area (Å²) in [4.78, 5) is 14.0. The van der Waals surface area contributed by atoms with Gasteiger partial charge in [0.05, 0.1) is 25.3 Å². The molecule has 1 aliphatic rings. The van der Waals surface area contributed by atoms with E-state index in [1.54, 1.807) is 4.90 Å². The predicted molar refractivity (Wildman–Crippen MR) is 156 cm³/mol. The average Bonchev–Trinajstić information content (AvgIpc) is 3.27. The van der Waals surface area contributed by atoms with Gasteiger partial charge in [0.2, 0.25) is 0 Å². The fraction of sp³-hybridized carbons (Fsp3) is 0.545. The van der Waals surface area contributed by atoms with Crippen molar-refractivity contribution in [2.45, 2.75) is 96.3 Å². The summed E-state index contributed by atoms with van der Waals surface area (Å²) in [7, 11) is 0. The van der Waals surface area contributed by atoms with Crippen LogP contribution in [0.1, 0.15) is 84.1 Å². The van der Waals surface area contributed by atoms with Gasteiger partial charge >= 0.3 is 6.09 Å². The highest BCUT2D eigenvalue weighted by Gasteiger charge is 2.36.